The van der Waals surface area contributed by atoms with Crippen molar-refractivity contribution in [1.29, 1.82) is 0 Å². The zero-order valence-corrected chi connectivity index (χ0v) is 14.1. The lowest BCUT2D eigenvalue weighted by Crippen LogP contribution is -2.17. The highest BCUT2D eigenvalue weighted by Crippen LogP contribution is 2.19. The quantitative estimate of drug-likeness (QED) is 0.243. The summed E-state index contributed by atoms with van der Waals surface area (Å²) < 4.78 is 35.0. The van der Waals surface area contributed by atoms with Gasteiger partial charge in [0.05, 0.1) is 16.7 Å². The van der Waals surface area contributed by atoms with E-state index in [0.29, 0.717) is 6.42 Å². The number of rotatable bonds is 12. The SMILES string of the molecule is CCNSCN(CC)SCSCCCS(=O)(=O)O. The Hall–Kier alpha value is 0.880. The lowest BCUT2D eigenvalue weighted by molar-refractivity contribution is 0.482. The lowest BCUT2D eigenvalue weighted by Gasteiger charge is -2.18. The molecule has 0 atom stereocenters. The molecule has 2 N–H and O–H groups in total. The zero-order valence-electron chi connectivity index (χ0n) is 10.8. The maximum atomic E-state index is 10.5. The average molecular weight is 335 g/mol. The first kappa shape index (κ1) is 18.9. The summed E-state index contributed by atoms with van der Waals surface area (Å²) in [7, 11) is -3.79. The van der Waals surface area contributed by atoms with Gasteiger partial charge in [-0.25, -0.2) is 4.31 Å². The second kappa shape index (κ2) is 11.7. The maximum Gasteiger partial charge on any atom is 0.264 e. The molecule has 5 nitrogen and oxygen atoms in total. The van der Waals surface area contributed by atoms with E-state index in [2.05, 4.69) is 22.9 Å². The van der Waals surface area contributed by atoms with Crippen molar-refractivity contribution in [2.75, 3.05) is 35.6 Å². The van der Waals surface area contributed by atoms with E-state index in [1.807, 2.05) is 0 Å². The predicted octanol–water partition coefficient (Wildman–Crippen LogP) is 2.14. The lowest BCUT2D eigenvalue weighted by atomic mass is 10.6. The van der Waals surface area contributed by atoms with Gasteiger partial charge in [-0.15, -0.1) is 11.8 Å². The summed E-state index contributed by atoms with van der Waals surface area (Å²) in [5.41, 5.74) is 0. The van der Waals surface area contributed by atoms with E-state index in [9.17, 15) is 8.42 Å². The van der Waals surface area contributed by atoms with Crippen molar-refractivity contribution < 1.29 is 13.0 Å². The molecule has 0 radical (unpaired) electrons. The van der Waals surface area contributed by atoms with Crippen LogP contribution in [0.25, 0.3) is 0 Å². The molecule has 0 unspecified atom stereocenters. The molecule has 0 amide bonds. The Morgan fingerprint density at radius 2 is 2.06 bits per heavy atom. The maximum absolute atomic E-state index is 10.5. The molecule has 18 heavy (non-hydrogen) atoms. The van der Waals surface area contributed by atoms with Gasteiger partial charge in [0.15, 0.2) is 0 Å². The summed E-state index contributed by atoms with van der Waals surface area (Å²) in [6, 6.07) is 0. The van der Waals surface area contributed by atoms with Crippen LogP contribution in [0.4, 0.5) is 0 Å². The Morgan fingerprint density at radius 1 is 1.33 bits per heavy atom. The van der Waals surface area contributed by atoms with Gasteiger partial charge < -0.3 is 0 Å². The smallest absolute Gasteiger partial charge is 0.264 e. The molecule has 0 heterocycles. The van der Waals surface area contributed by atoms with Gasteiger partial charge in [0.1, 0.15) is 0 Å². The van der Waals surface area contributed by atoms with E-state index in [0.717, 1.165) is 29.8 Å². The van der Waals surface area contributed by atoms with Crippen LogP contribution in [0.3, 0.4) is 0 Å². The first-order valence-corrected chi connectivity index (χ1v) is 10.4. The van der Waals surface area contributed by atoms with E-state index < -0.39 is 10.1 Å². The second-order valence-electron chi connectivity index (χ2n) is 3.36. The van der Waals surface area contributed by atoms with Gasteiger partial charge in [-0.05, 0) is 12.2 Å². The number of hydrogen-bond donors (Lipinski definition) is 2. The Balaban J connectivity index is 3.44. The van der Waals surface area contributed by atoms with Crippen molar-refractivity contribution >= 4 is 45.8 Å². The highest BCUT2D eigenvalue weighted by atomic mass is 32.2. The van der Waals surface area contributed by atoms with Crippen LogP contribution in [0, 0.1) is 0 Å². The Labute approximate surface area is 123 Å². The summed E-state index contributed by atoms with van der Waals surface area (Å²) in [5, 5.41) is 0.909. The van der Waals surface area contributed by atoms with Crippen molar-refractivity contribution in [2.24, 2.45) is 0 Å². The van der Waals surface area contributed by atoms with Crippen LogP contribution < -0.4 is 4.72 Å². The first-order chi connectivity index (χ1) is 8.49. The molecule has 0 aliphatic heterocycles. The highest BCUT2D eigenvalue weighted by molar-refractivity contribution is 8.15. The zero-order chi connectivity index (χ0) is 13.9. The number of nitrogens with zero attached hydrogens (tertiary/aromatic N) is 1. The molecule has 0 aliphatic carbocycles. The van der Waals surface area contributed by atoms with Crippen LogP contribution in [0.2, 0.25) is 0 Å². The Kier molecular flexibility index (Phi) is 12.3. The molecular formula is C9H22N2O3S4. The van der Waals surface area contributed by atoms with Crippen LogP contribution in [0.1, 0.15) is 20.3 Å². The summed E-state index contributed by atoms with van der Waals surface area (Å²) in [5.74, 6) is 1.55. The third-order valence-electron chi connectivity index (χ3n) is 1.82. The first-order valence-electron chi connectivity index (χ1n) is 5.75. The Morgan fingerprint density at radius 3 is 2.61 bits per heavy atom. The Bertz CT molecular complexity index is 288. The van der Waals surface area contributed by atoms with Gasteiger partial charge in [-0.2, -0.15) is 8.42 Å². The summed E-state index contributed by atoms with van der Waals surface area (Å²) >= 11 is 5.14. The summed E-state index contributed by atoms with van der Waals surface area (Å²) in [6.45, 7) is 6.12. The largest absolute Gasteiger partial charge is 0.286 e. The molecule has 0 bridgehead atoms. The molecular weight excluding hydrogens is 312 g/mol. The second-order valence-corrected chi connectivity index (χ2v) is 8.31. The molecule has 0 aromatic rings. The van der Waals surface area contributed by atoms with Crippen LogP contribution in [0.15, 0.2) is 0 Å². The monoisotopic (exact) mass is 334 g/mol. The number of hydrogen-bond acceptors (Lipinski definition) is 7. The molecule has 9 heteroatoms. The van der Waals surface area contributed by atoms with Gasteiger partial charge in [0, 0.05) is 13.1 Å². The van der Waals surface area contributed by atoms with E-state index in [4.69, 9.17) is 4.55 Å². The van der Waals surface area contributed by atoms with Crippen LogP contribution in [0.5, 0.6) is 0 Å². The minimum Gasteiger partial charge on any atom is -0.286 e. The van der Waals surface area contributed by atoms with E-state index in [1.165, 1.54) is 0 Å². The minimum atomic E-state index is -3.79. The van der Waals surface area contributed by atoms with Crippen molar-refractivity contribution in [3.63, 3.8) is 0 Å². The third kappa shape index (κ3) is 13.3. The average Bonchev–Trinajstić information content (AvgIpc) is 2.30. The molecule has 0 aliphatic rings. The fourth-order valence-corrected chi connectivity index (χ4v) is 4.62. The summed E-state index contributed by atoms with van der Waals surface area (Å²) in [4.78, 5) is 0. The molecule has 0 saturated heterocycles. The van der Waals surface area contributed by atoms with Gasteiger partial charge in [-0.1, -0.05) is 37.7 Å². The molecule has 0 aromatic heterocycles. The van der Waals surface area contributed by atoms with Crippen LogP contribution >= 0.6 is 35.7 Å². The van der Waals surface area contributed by atoms with E-state index in [1.54, 1.807) is 35.7 Å². The number of thioether (sulfide) groups is 1. The van der Waals surface area contributed by atoms with E-state index in [-0.39, 0.29) is 5.75 Å². The van der Waals surface area contributed by atoms with E-state index >= 15 is 0 Å². The minimum absolute atomic E-state index is 0.140. The fourth-order valence-electron chi connectivity index (χ4n) is 0.954. The molecule has 0 saturated carbocycles. The van der Waals surface area contributed by atoms with Crippen molar-refractivity contribution in [1.82, 2.24) is 9.03 Å². The van der Waals surface area contributed by atoms with Gasteiger partial charge in [0.25, 0.3) is 10.1 Å². The van der Waals surface area contributed by atoms with Gasteiger partial charge in [0.2, 0.25) is 0 Å². The van der Waals surface area contributed by atoms with Crippen LogP contribution in [-0.4, -0.2) is 52.8 Å². The highest BCUT2D eigenvalue weighted by Gasteiger charge is 2.05. The predicted molar refractivity (Wildman–Crippen MR) is 84.5 cm³/mol. The topological polar surface area (TPSA) is 69.6 Å². The molecule has 0 fully saturated rings. The number of nitrogens with one attached hydrogen (secondary N) is 1. The van der Waals surface area contributed by atoms with Crippen molar-refractivity contribution in [3.8, 4) is 0 Å². The van der Waals surface area contributed by atoms with Crippen molar-refractivity contribution in [3.05, 3.63) is 0 Å². The van der Waals surface area contributed by atoms with Gasteiger partial charge >= 0.3 is 0 Å². The van der Waals surface area contributed by atoms with Crippen LogP contribution in [-0.2, 0) is 10.1 Å². The fraction of sp³-hybridized carbons (Fsp3) is 1.00. The molecule has 110 valence electrons. The van der Waals surface area contributed by atoms with Gasteiger partial charge in [-0.3, -0.25) is 9.27 Å². The molecule has 0 rings (SSSR count). The molecule has 0 spiro atoms. The standard InChI is InChI=1S/C9H22N2O3S4/c1-3-10-16-8-11(4-2)17-9-15-6-5-7-18(12,13)14/h10H,3-9H2,1-2H3,(H,12,13,14). The molecule has 0 aromatic carbocycles. The third-order valence-corrected chi connectivity index (χ3v) is 6.14. The normalized spacial score (nSPS) is 12.2. The van der Waals surface area contributed by atoms with Crippen molar-refractivity contribution in [2.45, 2.75) is 20.3 Å². The summed E-state index contributed by atoms with van der Waals surface area (Å²) in [6.07, 6.45) is 0.502.